The van der Waals surface area contributed by atoms with Gasteiger partial charge in [0.25, 0.3) is 0 Å². The maximum absolute atomic E-state index is 11.5. The van der Waals surface area contributed by atoms with Crippen molar-refractivity contribution in [3.05, 3.63) is 48.0 Å². The Morgan fingerprint density at radius 3 is 2.89 bits per heavy atom. The number of carboxylic acid groups (broad SMARTS) is 1. The number of fused-ring (bicyclic) bond motifs is 1. The molecule has 6 heteroatoms. The summed E-state index contributed by atoms with van der Waals surface area (Å²) >= 11 is 0. The Kier molecular flexibility index (Phi) is 3.15. The number of para-hydroxylation sites is 1. The molecule has 6 rings (SSSR count). The maximum atomic E-state index is 11.5. The minimum atomic E-state index is -0.926. The summed E-state index contributed by atoms with van der Waals surface area (Å²) in [6.07, 6.45) is 2.58. The molecule has 3 heterocycles. The minimum absolute atomic E-state index is 0.270. The lowest BCUT2D eigenvalue weighted by atomic mass is 10.1. The van der Waals surface area contributed by atoms with Crippen LogP contribution in [0.3, 0.4) is 0 Å². The fourth-order valence-corrected chi connectivity index (χ4v) is 4.39. The number of rotatable bonds is 4. The monoisotopic (exact) mass is 372 g/mol. The van der Waals surface area contributed by atoms with Gasteiger partial charge in [0, 0.05) is 30.5 Å². The minimum Gasteiger partial charge on any atom is -0.478 e. The van der Waals surface area contributed by atoms with Gasteiger partial charge in [-0.3, -0.25) is 0 Å². The van der Waals surface area contributed by atoms with E-state index in [1.54, 1.807) is 12.1 Å². The fourth-order valence-electron chi connectivity index (χ4n) is 4.39. The fraction of sp³-hybridized carbons (Fsp3) is 0.273. The smallest absolute Gasteiger partial charge is 0.335 e. The number of benzene rings is 2. The Morgan fingerprint density at radius 2 is 2.07 bits per heavy atom. The molecule has 140 valence electrons. The molecule has 0 amide bonds. The molecule has 6 nitrogen and oxygen atoms in total. The molecular weight excluding hydrogens is 352 g/mol. The molecule has 2 aliphatic rings. The lowest BCUT2D eigenvalue weighted by Crippen LogP contribution is -2.18. The molecule has 1 aliphatic carbocycles. The molecular formula is C22H20N4O2. The lowest BCUT2D eigenvalue weighted by molar-refractivity contribution is 0.0697. The molecule has 0 saturated heterocycles. The molecule has 2 aromatic heterocycles. The number of hydrogen-bond donors (Lipinski definition) is 2. The predicted molar refractivity (Wildman–Crippen MR) is 109 cm³/mol. The number of nitrogens with zero attached hydrogens (tertiary/aromatic N) is 3. The van der Waals surface area contributed by atoms with Crippen LogP contribution in [0.5, 0.6) is 0 Å². The van der Waals surface area contributed by atoms with Gasteiger partial charge in [0.15, 0.2) is 5.82 Å². The standard InChI is InChI=1S/C22H20N4O2/c27-22(28)15-9-16-20-17(10-15)24-21(25(20)8-7-23-16)19-11-14-3-1-2-4-18(14)26(19)12-13-5-6-13/h1-4,9-11,13,23H,5-8,12H2,(H,27,28). The number of carboxylic acids is 1. The van der Waals surface area contributed by atoms with E-state index >= 15 is 0 Å². The average Bonchev–Trinajstić information content (AvgIpc) is 3.35. The van der Waals surface area contributed by atoms with E-state index in [1.807, 2.05) is 0 Å². The quantitative estimate of drug-likeness (QED) is 0.563. The number of aromatic nitrogens is 3. The van der Waals surface area contributed by atoms with E-state index in [-0.39, 0.29) is 5.56 Å². The van der Waals surface area contributed by atoms with Crippen molar-refractivity contribution < 1.29 is 9.90 Å². The van der Waals surface area contributed by atoms with E-state index in [0.717, 1.165) is 53.8 Å². The first-order valence-corrected chi connectivity index (χ1v) is 9.79. The third kappa shape index (κ3) is 2.27. The number of aromatic carboxylic acids is 1. The van der Waals surface area contributed by atoms with Gasteiger partial charge in [-0.2, -0.15) is 0 Å². The number of hydrogen-bond acceptors (Lipinski definition) is 3. The first-order chi connectivity index (χ1) is 13.7. The summed E-state index contributed by atoms with van der Waals surface area (Å²) in [7, 11) is 0. The van der Waals surface area contributed by atoms with E-state index in [0.29, 0.717) is 0 Å². The van der Waals surface area contributed by atoms with E-state index < -0.39 is 5.97 Å². The molecule has 4 aromatic rings. The van der Waals surface area contributed by atoms with Gasteiger partial charge in [-0.15, -0.1) is 0 Å². The van der Waals surface area contributed by atoms with Gasteiger partial charge in [0.05, 0.1) is 28.0 Å². The normalized spacial score (nSPS) is 15.9. The van der Waals surface area contributed by atoms with Gasteiger partial charge in [-0.05, 0) is 43.0 Å². The van der Waals surface area contributed by atoms with Crippen molar-refractivity contribution in [2.45, 2.75) is 25.9 Å². The van der Waals surface area contributed by atoms with Crippen molar-refractivity contribution in [3.63, 3.8) is 0 Å². The van der Waals surface area contributed by atoms with E-state index in [4.69, 9.17) is 4.98 Å². The molecule has 0 unspecified atom stereocenters. The van der Waals surface area contributed by atoms with Crippen LogP contribution in [0.4, 0.5) is 5.69 Å². The Hall–Kier alpha value is -3.28. The molecule has 0 radical (unpaired) electrons. The van der Waals surface area contributed by atoms with Gasteiger partial charge >= 0.3 is 5.97 Å². The van der Waals surface area contributed by atoms with E-state index in [2.05, 4.69) is 44.8 Å². The summed E-state index contributed by atoms with van der Waals surface area (Å²) in [6.45, 7) is 2.59. The van der Waals surface area contributed by atoms with E-state index in [1.165, 1.54) is 23.7 Å². The van der Waals surface area contributed by atoms with Crippen molar-refractivity contribution in [3.8, 4) is 11.5 Å². The zero-order valence-electron chi connectivity index (χ0n) is 15.4. The maximum Gasteiger partial charge on any atom is 0.335 e. The van der Waals surface area contributed by atoms with Gasteiger partial charge in [-0.25, -0.2) is 9.78 Å². The summed E-state index contributed by atoms with van der Waals surface area (Å²) in [5.74, 6) is 0.748. The Labute approximate surface area is 161 Å². The average molecular weight is 372 g/mol. The molecule has 2 aromatic carbocycles. The van der Waals surface area contributed by atoms with Crippen LogP contribution in [-0.2, 0) is 13.1 Å². The highest BCUT2D eigenvalue weighted by Crippen LogP contribution is 2.38. The first-order valence-electron chi connectivity index (χ1n) is 9.79. The largest absolute Gasteiger partial charge is 0.478 e. The first kappa shape index (κ1) is 15.7. The number of nitrogens with one attached hydrogen (secondary N) is 1. The van der Waals surface area contributed by atoms with Crippen molar-refractivity contribution in [2.24, 2.45) is 5.92 Å². The zero-order valence-corrected chi connectivity index (χ0v) is 15.4. The van der Waals surface area contributed by atoms with Crippen molar-refractivity contribution in [2.75, 3.05) is 11.9 Å². The topological polar surface area (TPSA) is 72.1 Å². The van der Waals surface area contributed by atoms with Crippen LogP contribution in [0.1, 0.15) is 23.2 Å². The summed E-state index contributed by atoms with van der Waals surface area (Å²) in [4.78, 5) is 16.4. The second-order valence-electron chi connectivity index (χ2n) is 7.85. The molecule has 1 aliphatic heterocycles. The summed E-state index contributed by atoms with van der Waals surface area (Å²) in [5, 5.41) is 14.0. The zero-order chi connectivity index (χ0) is 18.8. The highest BCUT2D eigenvalue weighted by atomic mass is 16.4. The molecule has 0 bridgehead atoms. The Balaban J connectivity index is 1.63. The number of carbonyl (C=O) groups is 1. The second-order valence-corrected chi connectivity index (χ2v) is 7.85. The summed E-state index contributed by atoms with van der Waals surface area (Å²) in [5.41, 5.74) is 5.21. The summed E-state index contributed by atoms with van der Waals surface area (Å²) < 4.78 is 4.64. The highest BCUT2D eigenvalue weighted by molar-refractivity contribution is 6.00. The summed E-state index contributed by atoms with van der Waals surface area (Å²) in [6, 6.07) is 14.1. The van der Waals surface area contributed by atoms with Gasteiger partial charge < -0.3 is 19.6 Å². The lowest BCUT2D eigenvalue weighted by Gasteiger charge is -2.19. The van der Waals surface area contributed by atoms with Crippen LogP contribution in [0.2, 0.25) is 0 Å². The van der Waals surface area contributed by atoms with Crippen LogP contribution < -0.4 is 5.32 Å². The predicted octanol–water partition coefficient (Wildman–Crippen LogP) is 4.19. The van der Waals surface area contributed by atoms with Crippen molar-refractivity contribution >= 4 is 33.6 Å². The third-order valence-corrected chi connectivity index (χ3v) is 5.92. The van der Waals surface area contributed by atoms with Crippen LogP contribution in [-0.4, -0.2) is 31.7 Å². The molecule has 0 spiro atoms. The van der Waals surface area contributed by atoms with Gasteiger partial charge in [0.1, 0.15) is 0 Å². The molecule has 28 heavy (non-hydrogen) atoms. The van der Waals surface area contributed by atoms with Crippen LogP contribution >= 0.6 is 0 Å². The number of imidazole rings is 1. The van der Waals surface area contributed by atoms with E-state index in [9.17, 15) is 9.90 Å². The second kappa shape index (κ2) is 5.61. The molecule has 0 atom stereocenters. The third-order valence-electron chi connectivity index (χ3n) is 5.92. The Bertz CT molecular complexity index is 1260. The molecule has 1 saturated carbocycles. The number of anilines is 1. The highest BCUT2D eigenvalue weighted by Gasteiger charge is 2.27. The van der Waals surface area contributed by atoms with Crippen molar-refractivity contribution in [1.82, 2.24) is 14.1 Å². The molecule has 2 N–H and O–H groups in total. The molecule has 1 fully saturated rings. The van der Waals surface area contributed by atoms with Gasteiger partial charge in [0.2, 0.25) is 0 Å². The van der Waals surface area contributed by atoms with Gasteiger partial charge in [-0.1, -0.05) is 18.2 Å². The van der Waals surface area contributed by atoms with Crippen LogP contribution in [0, 0.1) is 5.92 Å². The Morgan fingerprint density at radius 1 is 1.21 bits per heavy atom. The van der Waals surface area contributed by atoms with Crippen molar-refractivity contribution in [1.29, 1.82) is 0 Å². The SMILES string of the molecule is O=C(O)c1cc2c3c(c1)nc(-c1cc4ccccc4n1CC1CC1)n3CCN2. The van der Waals surface area contributed by atoms with Crippen LogP contribution in [0.25, 0.3) is 33.5 Å². The van der Waals surface area contributed by atoms with Crippen LogP contribution in [0.15, 0.2) is 42.5 Å².